The number of hydrogen-bond donors (Lipinski definition) is 1. The van der Waals surface area contributed by atoms with Crippen LogP contribution in [0.25, 0.3) is 0 Å². The predicted molar refractivity (Wildman–Crippen MR) is 61.8 cm³/mol. The molecule has 1 aliphatic rings. The number of hydrogen-bond acceptors (Lipinski definition) is 3. The summed E-state index contributed by atoms with van der Waals surface area (Å²) in [7, 11) is 6.31. The number of nitrogens with zero attached hydrogens (tertiary/aromatic N) is 2. The van der Waals surface area contributed by atoms with Gasteiger partial charge in [-0.25, -0.2) is 0 Å². The molecule has 0 aromatic rings. The van der Waals surface area contributed by atoms with Crippen LogP contribution in [-0.4, -0.2) is 62.1 Å². The summed E-state index contributed by atoms with van der Waals surface area (Å²) in [6, 6.07) is 0.454. The first-order valence-corrected chi connectivity index (χ1v) is 5.77. The first-order chi connectivity index (χ1) is 6.61. The summed E-state index contributed by atoms with van der Waals surface area (Å²) >= 11 is 6.30. The van der Waals surface area contributed by atoms with Crippen LogP contribution in [0.15, 0.2) is 0 Å². The van der Waals surface area contributed by atoms with Crippen LogP contribution in [0.2, 0.25) is 0 Å². The molecule has 1 rings (SSSR count). The molecule has 1 aliphatic heterocycles. The van der Waals surface area contributed by atoms with Gasteiger partial charge in [-0.05, 0) is 40.5 Å². The Balaban J connectivity index is 2.22. The monoisotopic (exact) mass is 219 g/mol. The fourth-order valence-electron chi connectivity index (χ4n) is 1.82. The van der Waals surface area contributed by atoms with E-state index in [0.29, 0.717) is 6.04 Å². The topological polar surface area (TPSA) is 18.5 Å². The lowest BCUT2D eigenvalue weighted by atomic mass is 10.1. The van der Waals surface area contributed by atoms with E-state index in [0.717, 1.165) is 26.1 Å². The highest BCUT2D eigenvalue weighted by molar-refractivity contribution is 6.20. The average Bonchev–Trinajstić information content (AvgIpc) is 2.12. The van der Waals surface area contributed by atoms with Gasteiger partial charge in [0.15, 0.2) is 0 Å². The van der Waals surface area contributed by atoms with Gasteiger partial charge in [0.05, 0.1) is 0 Å². The van der Waals surface area contributed by atoms with E-state index in [1.54, 1.807) is 0 Å². The van der Waals surface area contributed by atoms with E-state index < -0.39 is 0 Å². The summed E-state index contributed by atoms with van der Waals surface area (Å²) in [6.45, 7) is 3.26. The zero-order chi connectivity index (χ0) is 10.6. The fraction of sp³-hybridized carbons (Fsp3) is 1.00. The second-order valence-electron chi connectivity index (χ2n) is 4.36. The van der Waals surface area contributed by atoms with E-state index in [4.69, 9.17) is 11.6 Å². The Bertz CT molecular complexity index is 163. The molecule has 0 spiro atoms. The molecule has 0 saturated carbocycles. The molecule has 2 atom stereocenters. The minimum Gasteiger partial charge on any atom is -0.310 e. The van der Waals surface area contributed by atoms with Gasteiger partial charge in [-0.1, -0.05) is 0 Å². The lowest BCUT2D eigenvalue weighted by molar-refractivity contribution is 0.197. The van der Waals surface area contributed by atoms with Gasteiger partial charge in [-0.15, -0.1) is 11.6 Å². The molecule has 0 aromatic carbocycles. The van der Waals surface area contributed by atoms with Crippen LogP contribution in [0.5, 0.6) is 0 Å². The van der Waals surface area contributed by atoms with E-state index in [1.807, 2.05) is 0 Å². The van der Waals surface area contributed by atoms with Crippen molar-refractivity contribution in [3.63, 3.8) is 0 Å². The zero-order valence-electron chi connectivity index (χ0n) is 9.46. The smallest absolute Gasteiger partial charge is 0.100 e. The lowest BCUT2D eigenvalue weighted by Gasteiger charge is -2.36. The maximum Gasteiger partial charge on any atom is 0.100 e. The fourth-order valence-corrected chi connectivity index (χ4v) is 2.13. The second-order valence-corrected chi connectivity index (χ2v) is 4.81. The maximum atomic E-state index is 6.30. The number of halogens is 1. The third kappa shape index (κ3) is 3.73. The van der Waals surface area contributed by atoms with Gasteiger partial charge in [-0.3, -0.25) is 4.90 Å². The third-order valence-electron chi connectivity index (χ3n) is 2.74. The van der Waals surface area contributed by atoms with Crippen molar-refractivity contribution in [2.45, 2.75) is 24.4 Å². The van der Waals surface area contributed by atoms with E-state index in [2.05, 4.69) is 36.3 Å². The number of piperazine rings is 1. The Labute approximate surface area is 92.4 Å². The maximum absolute atomic E-state index is 6.30. The molecule has 0 radical (unpaired) electrons. The average molecular weight is 220 g/mol. The molecule has 0 bridgehead atoms. The molecule has 84 valence electrons. The van der Waals surface area contributed by atoms with Gasteiger partial charge in [0.25, 0.3) is 0 Å². The lowest BCUT2D eigenvalue weighted by Crippen LogP contribution is -2.53. The van der Waals surface area contributed by atoms with Crippen LogP contribution in [0.3, 0.4) is 0 Å². The summed E-state index contributed by atoms with van der Waals surface area (Å²) in [5.41, 5.74) is 0.158. The highest BCUT2D eigenvalue weighted by Gasteiger charge is 2.25. The number of rotatable bonds is 4. The molecular formula is C10H22ClN3. The van der Waals surface area contributed by atoms with Crippen molar-refractivity contribution < 1.29 is 0 Å². The van der Waals surface area contributed by atoms with Crippen LogP contribution >= 0.6 is 11.6 Å². The molecule has 14 heavy (non-hydrogen) atoms. The van der Waals surface area contributed by atoms with Crippen molar-refractivity contribution in [1.29, 1.82) is 0 Å². The summed E-state index contributed by atoms with van der Waals surface area (Å²) in [4.78, 5) is 4.44. The van der Waals surface area contributed by atoms with Crippen LogP contribution in [0.1, 0.15) is 12.8 Å². The van der Waals surface area contributed by atoms with Crippen LogP contribution in [-0.2, 0) is 0 Å². The molecule has 1 N–H and O–H groups in total. The first-order valence-electron chi connectivity index (χ1n) is 5.33. The molecule has 0 aromatic heterocycles. The summed E-state index contributed by atoms with van der Waals surface area (Å²) in [6.07, 6.45) is 2.37. The second kappa shape index (κ2) is 5.91. The minimum absolute atomic E-state index is 0.158. The Morgan fingerprint density at radius 2 is 2.21 bits per heavy atom. The van der Waals surface area contributed by atoms with Gasteiger partial charge < -0.3 is 10.2 Å². The molecule has 1 heterocycles. The van der Waals surface area contributed by atoms with Crippen molar-refractivity contribution in [1.82, 2.24) is 15.1 Å². The Kier molecular flexibility index (Phi) is 5.17. The Morgan fingerprint density at radius 1 is 1.50 bits per heavy atom. The SMILES string of the molecule is CN(C)CCCC1NCCN(C)C1Cl. The number of alkyl halides is 1. The quantitative estimate of drug-likeness (QED) is 0.558. The normalized spacial score (nSPS) is 29.8. The Morgan fingerprint density at radius 3 is 2.86 bits per heavy atom. The van der Waals surface area contributed by atoms with E-state index in [9.17, 15) is 0 Å². The van der Waals surface area contributed by atoms with Crippen molar-refractivity contribution in [3.05, 3.63) is 0 Å². The van der Waals surface area contributed by atoms with Crippen LogP contribution < -0.4 is 5.32 Å². The van der Waals surface area contributed by atoms with Crippen LogP contribution in [0, 0.1) is 0 Å². The van der Waals surface area contributed by atoms with Gasteiger partial charge in [-0.2, -0.15) is 0 Å². The molecule has 2 unspecified atom stereocenters. The summed E-state index contributed by atoms with van der Waals surface area (Å²) in [5, 5.41) is 3.48. The molecule has 1 saturated heterocycles. The Hall–Kier alpha value is 0.170. The highest BCUT2D eigenvalue weighted by Crippen LogP contribution is 2.15. The number of nitrogens with one attached hydrogen (secondary N) is 1. The van der Waals surface area contributed by atoms with Crippen LogP contribution in [0.4, 0.5) is 0 Å². The van der Waals surface area contributed by atoms with Crippen molar-refractivity contribution in [2.75, 3.05) is 40.8 Å². The van der Waals surface area contributed by atoms with Crippen molar-refractivity contribution >= 4 is 11.6 Å². The van der Waals surface area contributed by atoms with Gasteiger partial charge in [0, 0.05) is 19.1 Å². The largest absolute Gasteiger partial charge is 0.310 e. The molecule has 1 fully saturated rings. The molecule has 4 heteroatoms. The molecule has 0 amide bonds. The molecular weight excluding hydrogens is 198 g/mol. The summed E-state index contributed by atoms with van der Waals surface area (Å²) in [5.74, 6) is 0. The van der Waals surface area contributed by atoms with Gasteiger partial charge in [0.1, 0.15) is 5.50 Å². The highest BCUT2D eigenvalue weighted by atomic mass is 35.5. The van der Waals surface area contributed by atoms with E-state index >= 15 is 0 Å². The van der Waals surface area contributed by atoms with E-state index in [1.165, 1.54) is 6.42 Å². The standard InChI is InChI=1S/C10H22ClN3/c1-13(2)7-4-5-9-10(11)14(3)8-6-12-9/h9-10,12H,4-8H2,1-3H3. The molecule has 0 aliphatic carbocycles. The third-order valence-corrected chi connectivity index (χ3v) is 3.38. The van der Waals surface area contributed by atoms with Crippen molar-refractivity contribution in [2.24, 2.45) is 0 Å². The first kappa shape index (κ1) is 12.2. The van der Waals surface area contributed by atoms with Gasteiger partial charge >= 0.3 is 0 Å². The molecule has 3 nitrogen and oxygen atoms in total. The van der Waals surface area contributed by atoms with Crippen molar-refractivity contribution in [3.8, 4) is 0 Å². The number of likely N-dealkylation sites (N-methyl/N-ethyl adjacent to an activating group) is 1. The van der Waals surface area contributed by atoms with E-state index in [-0.39, 0.29) is 5.50 Å². The van der Waals surface area contributed by atoms with Gasteiger partial charge in [0.2, 0.25) is 0 Å². The predicted octanol–water partition coefficient (Wildman–Crippen LogP) is 0.797. The summed E-state index contributed by atoms with van der Waals surface area (Å²) < 4.78 is 0. The minimum atomic E-state index is 0.158. The zero-order valence-corrected chi connectivity index (χ0v) is 10.2.